The van der Waals surface area contributed by atoms with Crippen molar-refractivity contribution >= 4 is 21.5 Å². The lowest BCUT2D eigenvalue weighted by atomic mass is 10.4. The van der Waals surface area contributed by atoms with E-state index in [4.69, 9.17) is 5.73 Å². The number of nitrogen functional groups attached to an aromatic ring is 1. The molecule has 1 rings (SSSR count). The summed E-state index contributed by atoms with van der Waals surface area (Å²) < 4.78 is 25.1. The van der Waals surface area contributed by atoms with Crippen molar-refractivity contribution in [3.63, 3.8) is 0 Å². The average Bonchev–Trinajstić information content (AvgIpc) is 2.57. The van der Waals surface area contributed by atoms with Crippen molar-refractivity contribution in [2.24, 2.45) is 0 Å². The van der Waals surface area contributed by atoms with Crippen LogP contribution in [0.1, 0.15) is 20.8 Å². The second-order valence-corrected chi connectivity index (χ2v) is 5.75. The van der Waals surface area contributed by atoms with Crippen LogP contribution in [0, 0.1) is 0 Å². The second kappa shape index (κ2) is 4.95. The number of hydrogen-bond acceptors (Lipinski definition) is 5. The number of nitrogens with two attached hydrogens (primary N) is 1. The number of aromatic nitrogens is 2. The molecule has 0 spiro atoms. The molecule has 1 aromatic heterocycles. The van der Waals surface area contributed by atoms with Gasteiger partial charge in [0.1, 0.15) is 5.82 Å². The molecule has 0 atom stereocenters. The number of rotatable bonds is 5. The summed E-state index contributed by atoms with van der Waals surface area (Å²) in [4.78, 5) is 2.03. The van der Waals surface area contributed by atoms with Crippen LogP contribution in [0.3, 0.4) is 0 Å². The summed E-state index contributed by atoms with van der Waals surface area (Å²) in [6.45, 7) is 7.73. The molecule has 0 bridgehead atoms. The van der Waals surface area contributed by atoms with Gasteiger partial charge < -0.3 is 10.6 Å². The Kier molecular flexibility index (Phi) is 4.03. The number of hydrogen-bond donors (Lipinski definition) is 1. The highest BCUT2D eigenvalue weighted by molar-refractivity contribution is 7.91. The highest BCUT2D eigenvalue weighted by Gasteiger charge is 2.26. The molecule has 0 aliphatic heterocycles. The Morgan fingerprint density at radius 3 is 2.18 bits per heavy atom. The Balaban J connectivity index is 3.49. The van der Waals surface area contributed by atoms with Gasteiger partial charge in [-0.15, -0.1) is 0 Å². The minimum absolute atomic E-state index is 0.142. The topological polar surface area (TPSA) is 81.2 Å². The zero-order valence-electron chi connectivity index (χ0n) is 10.8. The molecule has 2 N–H and O–H groups in total. The van der Waals surface area contributed by atoms with Crippen molar-refractivity contribution in [2.45, 2.75) is 32.2 Å². The van der Waals surface area contributed by atoms with Gasteiger partial charge >= 0.3 is 0 Å². The molecule has 0 aliphatic rings. The molecule has 98 valence electrons. The highest BCUT2D eigenvalue weighted by Crippen LogP contribution is 2.29. The molecule has 17 heavy (non-hydrogen) atoms. The molecule has 1 aromatic rings. The van der Waals surface area contributed by atoms with E-state index in [0.717, 1.165) is 6.26 Å². The predicted molar refractivity (Wildman–Crippen MR) is 69.0 cm³/mol. The Morgan fingerprint density at radius 1 is 1.29 bits per heavy atom. The second-order valence-electron chi connectivity index (χ2n) is 3.80. The van der Waals surface area contributed by atoms with Crippen LogP contribution in [0.15, 0.2) is 4.90 Å². The average molecular weight is 260 g/mol. The Bertz CT molecular complexity index is 489. The first-order valence-corrected chi connectivity index (χ1v) is 7.57. The molecule has 0 fully saturated rings. The molecule has 0 amide bonds. The Hall–Kier alpha value is -1.24. The van der Waals surface area contributed by atoms with Crippen LogP contribution in [0.2, 0.25) is 0 Å². The minimum Gasteiger partial charge on any atom is -0.383 e. The van der Waals surface area contributed by atoms with Gasteiger partial charge in [0, 0.05) is 25.9 Å². The third kappa shape index (κ3) is 2.54. The van der Waals surface area contributed by atoms with Gasteiger partial charge in [0.15, 0.2) is 20.6 Å². The van der Waals surface area contributed by atoms with Crippen LogP contribution in [-0.2, 0) is 16.4 Å². The lowest BCUT2D eigenvalue weighted by Gasteiger charge is -2.18. The molecule has 0 aromatic carbocycles. The number of nitrogens with zero attached hydrogens (tertiary/aromatic N) is 3. The summed E-state index contributed by atoms with van der Waals surface area (Å²) in [6, 6.07) is 0. The van der Waals surface area contributed by atoms with E-state index in [1.807, 2.05) is 25.7 Å². The summed E-state index contributed by atoms with van der Waals surface area (Å²) in [5.74, 6) is 0.675. The fraction of sp³-hybridized carbons (Fsp3) is 0.700. The maximum absolute atomic E-state index is 11.8. The van der Waals surface area contributed by atoms with Gasteiger partial charge in [-0.25, -0.2) is 13.1 Å². The van der Waals surface area contributed by atoms with Crippen LogP contribution in [0.5, 0.6) is 0 Å². The van der Waals surface area contributed by atoms with E-state index in [1.165, 1.54) is 4.68 Å². The van der Waals surface area contributed by atoms with E-state index in [0.29, 0.717) is 25.5 Å². The fourth-order valence-corrected chi connectivity index (χ4v) is 2.76. The lowest BCUT2D eigenvalue weighted by molar-refractivity contribution is 0.601. The van der Waals surface area contributed by atoms with E-state index >= 15 is 0 Å². The van der Waals surface area contributed by atoms with Crippen molar-refractivity contribution in [3.8, 4) is 0 Å². The van der Waals surface area contributed by atoms with Crippen LogP contribution >= 0.6 is 0 Å². The maximum Gasteiger partial charge on any atom is 0.182 e. The third-order valence-electron chi connectivity index (χ3n) is 2.66. The molecule has 0 saturated carbocycles. The Morgan fingerprint density at radius 2 is 1.82 bits per heavy atom. The standard InChI is InChI=1S/C10H20N4O2S/c1-5-13(6-2)10-8(17(4,15)16)9(11)14(7-3)12-10/h5-7,11H2,1-4H3. The number of anilines is 2. The molecule has 1 heterocycles. The first-order chi connectivity index (χ1) is 7.86. The summed E-state index contributed by atoms with van der Waals surface area (Å²) in [5, 5.41) is 4.28. The van der Waals surface area contributed by atoms with Crippen LogP contribution in [0.25, 0.3) is 0 Å². The smallest absolute Gasteiger partial charge is 0.182 e. The SMILES string of the molecule is CCN(CC)c1nn(CC)c(N)c1S(C)(=O)=O. The monoisotopic (exact) mass is 260 g/mol. The molecule has 7 heteroatoms. The highest BCUT2D eigenvalue weighted by atomic mass is 32.2. The van der Waals surface area contributed by atoms with Gasteiger partial charge in [-0.05, 0) is 20.8 Å². The Labute approximate surface area is 102 Å². The first kappa shape index (κ1) is 13.8. The van der Waals surface area contributed by atoms with Gasteiger partial charge in [0.25, 0.3) is 0 Å². The van der Waals surface area contributed by atoms with Gasteiger partial charge in [0.2, 0.25) is 0 Å². The molecule has 0 aliphatic carbocycles. The van der Waals surface area contributed by atoms with Crippen LogP contribution < -0.4 is 10.6 Å². The summed E-state index contributed by atoms with van der Waals surface area (Å²) >= 11 is 0. The van der Waals surface area contributed by atoms with Gasteiger partial charge in [-0.2, -0.15) is 5.10 Å². The van der Waals surface area contributed by atoms with E-state index in [2.05, 4.69) is 5.10 Å². The van der Waals surface area contributed by atoms with Crippen molar-refractivity contribution in [1.29, 1.82) is 0 Å². The first-order valence-electron chi connectivity index (χ1n) is 5.68. The molecular weight excluding hydrogens is 240 g/mol. The van der Waals surface area contributed by atoms with Crippen LogP contribution in [0.4, 0.5) is 11.6 Å². The summed E-state index contributed by atoms with van der Waals surface area (Å²) in [5.41, 5.74) is 5.84. The van der Waals surface area contributed by atoms with Crippen molar-refractivity contribution < 1.29 is 8.42 Å². The van der Waals surface area contributed by atoms with Gasteiger partial charge in [-0.3, -0.25) is 0 Å². The van der Waals surface area contributed by atoms with Gasteiger partial charge in [0.05, 0.1) is 0 Å². The van der Waals surface area contributed by atoms with Crippen molar-refractivity contribution in [3.05, 3.63) is 0 Å². The maximum atomic E-state index is 11.8. The molecule has 0 radical (unpaired) electrons. The van der Waals surface area contributed by atoms with E-state index in [1.54, 1.807) is 0 Å². The van der Waals surface area contributed by atoms with E-state index < -0.39 is 9.84 Å². The van der Waals surface area contributed by atoms with Gasteiger partial charge in [-0.1, -0.05) is 0 Å². The molecule has 6 nitrogen and oxygen atoms in total. The normalized spacial score (nSPS) is 11.8. The molecular formula is C10H20N4O2S. The third-order valence-corrected chi connectivity index (χ3v) is 3.80. The van der Waals surface area contributed by atoms with Crippen molar-refractivity contribution in [2.75, 3.05) is 30.0 Å². The van der Waals surface area contributed by atoms with Crippen molar-refractivity contribution in [1.82, 2.24) is 9.78 Å². The van der Waals surface area contributed by atoms with E-state index in [9.17, 15) is 8.42 Å². The van der Waals surface area contributed by atoms with Crippen LogP contribution in [-0.4, -0.2) is 37.5 Å². The molecule has 0 saturated heterocycles. The number of sulfone groups is 1. The number of aryl methyl sites for hydroxylation is 1. The quantitative estimate of drug-likeness (QED) is 0.844. The predicted octanol–water partition coefficient (Wildman–Crippen LogP) is 0.735. The molecule has 0 unspecified atom stereocenters. The summed E-state index contributed by atoms with van der Waals surface area (Å²) in [7, 11) is -3.37. The largest absolute Gasteiger partial charge is 0.383 e. The van der Waals surface area contributed by atoms with E-state index in [-0.39, 0.29) is 10.7 Å². The summed E-state index contributed by atoms with van der Waals surface area (Å²) in [6.07, 6.45) is 1.16. The lowest BCUT2D eigenvalue weighted by Crippen LogP contribution is -2.24. The minimum atomic E-state index is -3.37. The zero-order chi connectivity index (χ0) is 13.2. The zero-order valence-corrected chi connectivity index (χ0v) is 11.6. The fourth-order valence-electron chi connectivity index (χ4n) is 1.77.